The third kappa shape index (κ3) is 2.01. The Hall–Kier alpha value is -0.905. The minimum absolute atomic E-state index is 0.231. The van der Waals surface area contributed by atoms with Crippen molar-refractivity contribution in [2.45, 2.75) is 0 Å². The highest BCUT2D eigenvalue weighted by molar-refractivity contribution is 6.71. The molecule has 1 aromatic carbocycles. The summed E-state index contributed by atoms with van der Waals surface area (Å²) in [5, 5.41) is 25.9. The Morgan fingerprint density at radius 3 is 2.18 bits per heavy atom. The van der Waals surface area contributed by atoms with Crippen molar-refractivity contribution in [2.24, 2.45) is 0 Å². The number of benzene rings is 1. The van der Waals surface area contributed by atoms with E-state index in [1.807, 2.05) is 0 Å². The van der Waals surface area contributed by atoms with Crippen LogP contribution >= 0.6 is 0 Å². The zero-order valence-electron chi connectivity index (χ0n) is 5.61. The van der Waals surface area contributed by atoms with Crippen molar-refractivity contribution in [3.05, 3.63) is 30.1 Å². The highest BCUT2D eigenvalue weighted by Gasteiger charge is 2.17. The van der Waals surface area contributed by atoms with Gasteiger partial charge in [0, 0.05) is 0 Å². The van der Waals surface area contributed by atoms with Crippen LogP contribution in [0.4, 0.5) is 4.39 Å². The standard InChI is InChI=1S/C6H7BFO3/c8-6-3-1-2-5(4-6)7(9,10)11/h1-4,9-11H/q-1. The van der Waals surface area contributed by atoms with E-state index in [4.69, 9.17) is 15.1 Å². The Balaban J connectivity index is 3.06. The van der Waals surface area contributed by atoms with Crippen LogP contribution < -0.4 is 5.46 Å². The van der Waals surface area contributed by atoms with E-state index in [0.717, 1.165) is 12.1 Å². The molecule has 0 fully saturated rings. The average Bonchev–Trinajstić information content (AvgIpc) is 1.86. The maximum absolute atomic E-state index is 12.4. The molecule has 11 heavy (non-hydrogen) atoms. The first-order valence-electron chi connectivity index (χ1n) is 3.07. The molecule has 3 N–H and O–H groups in total. The maximum Gasteiger partial charge on any atom is 0.402 e. The second-order valence-corrected chi connectivity index (χ2v) is 2.29. The van der Waals surface area contributed by atoms with Gasteiger partial charge >= 0.3 is 6.75 Å². The van der Waals surface area contributed by atoms with Gasteiger partial charge in [-0.3, -0.25) is 0 Å². The van der Waals surface area contributed by atoms with Crippen LogP contribution in [0.2, 0.25) is 0 Å². The van der Waals surface area contributed by atoms with Crippen LogP contribution in [-0.4, -0.2) is 21.8 Å². The first-order valence-corrected chi connectivity index (χ1v) is 3.07. The average molecular weight is 157 g/mol. The third-order valence-corrected chi connectivity index (χ3v) is 1.30. The van der Waals surface area contributed by atoms with Crippen LogP contribution in [0, 0.1) is 5.82 Å². The van der Waals surface area contributed by atoms with Crippen molar-refractivity contribution in [3.63, 3.8) is 0 Å². The van der Waals surface area contributed by atoms with Crippen LogP contribution in [0.15, 0.2) is 24.3 Å². The summed E-state index contributed by atoms with van der Waals surface area (Å²) in [6, 6.07) is 4.51. The lowest BCUT2D eigenvalue weighted by Crippen LogP contribution is -2.48. The maximum atomic E-state index is 12.4. The van der Waals surface area contributed by atoms with Gasteiger partial charge in [-0.15, -0.1) is 5.46 Å². The number of rotatable bonds is 1. The van der Waals surface area contributed by atoms with Gasteiger partial charge in [-0.2, -0.15) is 0 Å². The highest BCUT2D eigenvalue weighted by atomic mass is 19.1. The lowest BCUT2D eigenvalue weighted by atomic mass is 9.71. The Bertz CT molecular complexity index is 258. The molecule has 3 nitrogen and oxygen atoms in total. The molecule has 0 radical (unpaired) electrons. The predicted octanol–water partition coefficient (Wildman–Crippen LogP) is -1.05. The van der Waals surface area contributed by atoms with E-state index in [1.165, 1.54) is 12.1 Å². The van der Waals surface area contributed by atoms with Crippen molar-refractivity contribution in [3.8, 4) is 0 Å². The lowest BCUT2D eigenvalue weighted by molar-refractivity contribution is 0.249. The van der Waals surface area contributed by atoms with Crippen molar-refractivity contribution in [1.29, 1.82) is 0 Å². The topological polar surface area (TPSA) is 60.7 Å². The predicted molar refractivity (Wildman–Crippen MR) is 38.4 cm³/mol. The zero-order chi connectivity index (χ0) is 8.48. The molecule has 0 aliphatic rings. The fourth-order valence-corrected chi connectivity index (χ4v) is 0.747. The fraction of sp³-hybridized carbons (Fsp3) is 0. The summed E-state index contributed by atoms with van der Waals surface area (Å²) in [4.78, 5) is 0. The molecule has 1 aromatic rings. The monoisotopic (exact) mass is 157 g/mol. The molecule has 0 aliphatic heterocycles. The van der Waals surface area contributed by atoms with E-state index < -0.39 is 12.6 Å². The molecule has 0 aliphatic carbocycles. The Labute approximate surface area is 62.7 Å². The van der Waals surface area contributed by atoms with E-state index >= 15 is 0 Å². The fourth-order valence-electron chi connectivity index (χ4n) is 0.747. The smallest absolute Gasteiger partial charge is 0.402 e. The molecule has 0 saturated carbocycles. The van der Waals surface area contributed by atoms with Gasteiger partial charge < -0.3 is 15.1 Å². The van der Waals surface area contributed by atoms with Gasteiger partial charge in [0.05, 0.1) is 0 Å². The zero-order valence-corrected chi connectivity index (χ0v) is 5.61. The summed E-state index contributed by atoms with van der Waals surface area (Å²) < 4.78 is 12.4. The molecule has 0 heterocycles. The molecule has 5 heteroatoms. The molecule has 0 amide bonds. The van der Waals surface area contributed by atoms with Crippen LogP contribution in [0.5, 0.6) is 0 Å². The van der Waals surface area contributed by atoms with E-state index in [-0.39, 0.29) is 5.46 Å². The number of hydrogen-bond donors (Lipinski definition) is 3. The van der Waals surface area contributed by atoms with Crippen molar-refractivity contribution < 1.29 is 19.5 Å². The van der Waals surface area contributed by atoms with E-state index in [2.05, 4.69) is 0 Å². The molecule has 1 rings (SSSR count). The summed E-state index contributed by atoms with van der Waals surface area (Å²) in [6.45, 7) is -3.56. The molecule has 0 aromatic heterocycles. The van der Waals surface area contributed by atoms with E-state index in [1.54, 1.807) is 0 Å². The van der Waals surface area contributed by atoms with Gasteiger partial charge in [0.2, 0.25) is 0 Å². The summed E-state index contributed by atoms with van der Waals surface area (Å²) in [6.07, 6.45) is 0. The second kappa shape index (κ2) is 2.62. The van der Waals surface area contributed by atoms with Crippen LogP contribution in [0.25, 0.3) is 0 Å². The van der Waals surface area contributed by atoms with Gasteiger partial charge in [-0.05, 0) is 6.07 Å². The van der Waals surface area contributed by atoms with E-state index in [9.17, 15) is 4.39 Å². The SMILES string of the molecule is O[B-](O)(O)c1cccc(F)c1. The Kier molecular flexibility index (Phi) is 1.95. The quantitative estimate of drug-likeness (QED) is 0.455. The highest BCUT2D eigenvalue weighted by Crippen LogP contribution is 1.96. The van der Waals surface area contributed by atoms with Gasteiger partial charge in [-0.1, -0.05) is 18.2 Å². The van der Waals surface area contributed by atoms with Crippen LogP contribution in [0.3, 0.4) is 0 Å². The van der Waals surface area contributed by atoms with Gasteiger partial charge in [-0.25, -0.2) is 4.39 Å². The second-order valence-electron chi connectivity index (χ2n) is 2.29. The molecule has 0 saturated heterocycles. The Morgan fingerprint density at radius 1 is 1.18 bits per heavy atom. The van der Waals surface area contributed by atoms with Crippen molar-refractivity contribution in [2.75, 3.05) is 0 Å². The van der Waals surface area contributed by atoms with Crippen LogP contribution in [-0.2, 0) is 0 Å². The number of halogens is 1. The Morgan fingerprint density at radius 2 is 1.82 bits per heavy atom. The molecule has 0 spiro atoms. The molecular formula is C6H7BFO3-. The van der Waals surface area contributed by atoms with Crippen molar-refractivity contribution in [1.82, 2.24) is 0 Å². The summed E-state index contributed by atoms with van der Waals surface area (Å²) in [5.41, 5.74) is -0.231. The normalized spacial score (nSPS) is 11.6. The minimum atomic E-state index is -3.56. The molecule has 0 bridgehead atoms. The van der Waals surface area contributed by atoms with Gasteiger partial charge in [0.25, 0.3) is 0 Å². The van der Waals surface area contributed by atoms with Crippen molar-refractivity contribution >= 4 is 12.2 Å². The third-order valence-electron chi connectivity index (χ3n) is 1.30. The molecule has 0 atom stereocenters. The minimum Gasteiger partial charge on any atom is -0.556 e. The molecule has 60 valence electrons. The first-order chi connectivity index (χ1) is 5.00. The molecular weight excluding hydrogens is 150 g/mol. The molecule has 0 unspecified atom stereocenters. The summed E-state index contributed by atoms with van der Waals surface area (Å²) in [7, 11) is 0. The lowest BCUT2D eigenvalue weighted by Gasteiger charge is -2.20. The van der Waals surface area contributed by atoms with Gasteiger partial charge in [0.15, 0.2) is 0 Å². The van der Waals surface area contributed by atoms with E-state index in [0.29, 0.717) is 0 Å². The van der Waals surface area contributed by atoms with Gasteiger partial charge in [0.1, 0.15) is 5.82 Å². The summed E-state index contributed by atoms with van der Waals surface area (Å²) in [5.74, 6) is -0.620. The summed E-state index contributed by atoms with van der Waals surface area (Å²) >= 11 is 0. The van der Waals surface area contributed by atoms with Crippen LogP contribution in [0.1, 0.15) is 0 Å². The first kappa shape index (κ1) is 8.19. The largest absolute Gasteiger partial charge is 0.556 e. The number of hydrogen-bond acceptors (Lipinski definition) is 3.